The lowest BCUT2D eigenvalue weighted by Crippen LogP contribution is -2.25. The monoisotopic (exact) mass is 326 g/mol. The van der Waals surface area contributed by atoms with Gasteiger partial charge in [-0.1, -0.05) is 12.1 Å². The summed E-state index contributed by atoms with van der Waals surface area (Å²) in [5.74, 6) is -0.701. The lowest BCUT2D eigenvalue weighted by Gasteiger charge is -2.20. The molecule has 8 heteroatoms. The molecule has 124 valence electrons. The maximum absolute atomic E-state index is 12.6. The van der Waals surface area contributed by atoms with E-state index < -0.39 is 23.2 Å². The number of nitrogen functional groups attached to an aromatic ring is 1. The molecule has 2 aromatic rings. The third kappa shape index (κ3) is 3.15. The molecule has 1 aromatic carbocycles. The van der Waals surface area contributed by atoms with E-state index in [0.29, 0.717) is 5.56 Å². The number of nitrogens with two attached hydrogens (primary N) is 2. The Kier molecular flexibility index (Phi) is 3.88. The first-order chi connectivity index (χ1) is 10.4. The molecule has 0 radical (unpaired) electrons. The van der Waals surface area contributed by atoms with Crippen LogP contribution < -0.4 is 11.5 Å². The molecular formula is C15H17F3N4O. The Bertz CT molecular complexity index is 740. The van der Waals surface area contributed by atoms with Crippen LogP contribution in [0.3, 0.4) is 0 Å². The van der Waals surface area contributed by atoms with E-state index in [9.17, 15) is 18.0 Å². The summed E-state index contributed by atoms with van der Waals surface area (Å²) >= 11 is 0. The lowest BCUT2D eigenvalue weighted by molar-refractivity contribution is -0.137. The third-order valence-corrected chi connectivity index (χ3v) is 3.29. The summed E-state index contributed by atoms with van der Waals surface area (Å²) in [5, 5.41) is 4.27. The number of carbonyl (C=O) groups excluding carboxylic acids is 1. The van der Waals surface area contributed by atoms with Gasteiger partial charge in [0.2, 0.25) is 0 Å². The van der Waals surface area contributed by atoms with Crippen LogP contribution in [0.15, 0.2) is 24.3 Å². The Morgan fingerprint density at radius 1 is 1.13 bits per heavy atom. The van der Waals surface area contributed by atoms with Crippen molar-refractivity contribution in [1.82, 2.24) is 9.78 Å². The van der Waals surface area contributed by atoms with E-state index in [1.165, 1.54) is 16.8 Å². The molecule has 0 bridgehead atoms. The number of primary amides is 1. The highest BCUT2D eigenvalue weighted by atomic mass is 19.4. The van der Waals surface area contributed by atoms with Crippen LogP contribution in [0.2, 0.25) is 0 Å². The number of aromatic nitrogens is 2. The predicted molar refractivity (Wildman–Crippen MR) is 80.6 cm³/mol. The fraction of sp³-hybridized carbons (Fsp3) is 0.333. The van der Waals surface area contributed by atoms with Gasteiger partial charge in [-0.2, -0.15) is 18.3 Å². The average molecular weight is 326 g/mol. The zero-order valence-corrected chi connectivity index (χ0v) is 12.9. The van der Waals surface area contributed by atoms with Crippen LogP contribution in [0.4, 0.5) is 19.0 Å². The fourth-order valence-electron chi connectivity index (χ4n) is 2.20. The Morgan fingerprint density at radius 3 is 2.04 bits per heavy atom. The average Bonchev–Trinajstić information content (AvgIpc) is 2.75. The van der Waals surface area contributed by atoms with E-state index in [-0.39, 0.29) is 17.1 Å². The summed E-state index contributed by atoms with van der Waals surface area (Å²) in [7, 11) is 0. The van der Waals surface area contributed by atoms with Gasteiger partial charge in [0, 0.05) is 5.56 Å². The summed E-state index contributed by atoms with van der Waals surface area (Å²) < 4.78 is 39.4. The van der Waals surface area contributed by atoms with Gasteiger partial charge in [-0.3, -0.25) is 4.79 Å². The highest BCUT2D eigenvalue weighted by Gasteiger charge is 2.31. The van der Waals surface area contributed by atoms with Gasteiger partial charge in [-0.05, 0) is 32.9 Å². The maximum atomic E-state index is 12.6. The molecule has 0 aliphatic heterocycles. The van der Waals surface area contributed by atoms with Gasteiger partial charge >= 0.3 is 6.18 Å². The van der Waals surface area contributed by atoms with Crippen molar-refractivity contribution in [2.24, 2.45) is 5.73 Å². The van der Waals surface area contributed by atoms with E-state index in [2.05, 4.69) is 5.10 Å². The minimum absolute atomic E-state index is 0.000293. The molecule has 0 atom stereocenters. The number of rotatable bonds is 2. The number of nitrogens with zero attached hydrogens (tertiary/aromatic N) is 2. The molecule has 0 aliphatic rings. The molecule has 0 unspecified atom stereocenters. The first-order valence-corrected chi connectivity index (χ1v) is 6.79. The van der Waals surface area contributed by atoms with Crippen molar-refractivity contribution in [3.63, 3.8) is 0 Å². The highest BCUT2D eigenvalue weighted by molar-refractivity contribution is 6.03. The van der Waals surface area contributed by atoms with Crippen molar-refractivity contribution in [2.45, 2.75) is 32.5 Å². The van der Waals surface area contributed by atoms with Crippen molar-refractivity contribution in [1.29, 1.82) is 0 Å². The number of halogens is 3. The second kappa shape index (κ2) is 5.29. The molecule has 1 heterocycles. The fourth-order valence-corrected chi connectivity index (χ4v) is 2.20. The molecule has 0 saturated carbocycles. The van der Waals surface area contributed by atoms with Gasteiger partial charge in [0.05, 0.1) is 11.1 Å². The maximum Gasteiger partial charge on any atom is 0.416 e. The molecule has 5 nitrogen and oxygen atoms in total. The van der Waals surface area contributed by atoms with Crippen molar-refractivity contribution in [2.75, 3.05) is 5.73 Å². The molecule has 0 spiro atoms. The van der Waals surface area contributed by atoms with Gasteiger partial charge < -0.3 is 11.5 Å². The summed E-state index contributed by atoms with van der Waals surface area (Å²) in [5.41, 5.74) is 10.5. The Morgan fingerprint density at radius 2 is 1.65 bits per heavy atom. The van der Waals surface area contributed by atoms with Crippen molar-refractivity contribution in [3.8, 4) is 11.3 Å². The van der Waals surface area contributed by atoms with Gasteiger partial charge in [-0.15, -0.1) is 0 Å². The van der Waals surface area contributed by atoms with Gasteiger partial charge in [0.25, 0.3) is 5.91 Å². The molecule has 1 amide bonds. The summed E-state index contributed by atoms with van der Waals surface area (Å²) in [6.45, 7) is 5.49. The predicted octanol–water partition coefficient (Wildman–Crippen LogP) is 3.01. The molecule has 1 aromatic heterocycles. The van der Waals surface area contributed by atoms with Crippen molar-refractivity contribution in [3.05, 3.63) is 35.4 Å². The van der Waals surface area contributed by atoms with Crippen LogP contribution in [0.1, 0.15) is 36.7 Å². The zero-order chi connectivity index (χ0) is 17.6. The van der Waals surface area contributed by atoms with E-state index in [0.717, 1.165) is 12.1 Å². The number of amides is 1. The van der Waals surface area contributed by atoms with Crippen molar-refractivity contribution >= 4 is 11.7 Å². The summed E-state index contributed by atoms with van der Waals surface area (Å²) in [6, 6.07) is 4.33. The second-order valence-corrected chi connectivity index (χ2v) is 6.13. The number of hydrogen-bond acceptors (Lipinski definition) is 3. The third-order valence-electron chi connectivity index (χ3n) is 3.29. The normalized spacial score (nSPS) is 12.4. The van der Waals surface area contributed by atoms with Crippen LogP contribution in [0.25, 0.3) is 11.3 Å². The molecule has 0 fully saturated rings. The minimum atomic E-state index is -4.44. The van der Waals surface area contributed by atoms with Crippen LogP contribution in [-0.4, -0.2) is 15.7 Å². The topological polar surface area (TPSA) is 86.9 Å². The number of anilines is 1. The summed E-state index contributed by atoms with van der Waals surface area (Å²) in [4.78, 5) is 11.7. The molecule has 0 aliphatic carbocycles. The number of benzene rings is 1. The molecular weight excluding hydrogens is 309 g/mol. The minimum Gasteiger partial charge on any atom is -0.383 e. The Balaban J connectivity index is 2.61. The van der Waals surface area contributed by atoms with E-state index in [1.807, 2.05) is 20.8 Å². The first-order valence-electron chi connectivity index (χ1n) is 6.79. The van der Waals surface area contributed by atoms with Crippen molar-refractivity contribution < 1.29 is 18.0 Å². The molecule has 4 N–H and O–H groups in total. The molecule has 0 saturated heterocycles. The smallest absolute Gasteiger partial charge is 0.383 e. The van der Waals surface area contributed by atoms with Crippen LogP contribution in [0.5, 0.6) is 0 Å². The summed E-state index contributed by atoms with van der Waals surface area (Å²) in [6.07, 6.45) is -4.44. The highest BCUT2D eigenvalue weighted by Crippen LogP contribution is 2.33. The van der Waals surface area contributed by atoms with Crippen LogP contribution >= 0.6 is 0 Å². The van der Waals surface area contributed by atoms with Gasteiger partial charge in [0.15, 0.2) is 0 Å². The molecule has 23 heavy (non-hydrogen) atoms. The lowest BCUT2D eigenvalue weighted by atomic mass is 10.0. The Labute approximate surface area is 131 Å². The van der Waals surface area contributed by atoms with Crippen LogP contribution in [0, 0.1) is 0 Å². The number of carbonyl (C=O) groups is 1. The first kappa shape index (κ1) is 16.9. The molecule has 2 rings (SSSR count). The number of alkyl halides is 3. The number of hydrogen-bond donors (Lipinski definition) is 2. The van der Waals surface area contributed by atoms with E-state index in [1.54, 1.807) is 0 Å². The van der Waals surface area contributed by atoms with Gasteiger partial charge in [-0.25, -0.2) is 4.68 Å². The Hall–Kier alpha value is -2.51. The van der Waals surface area contributed by atoms with Crippen LogP contribution in [-0.2, 0) is 11.7 Å². The quantitative estimate of drug-likeness (QED) is 0.889. The van der Waals surface area contributed by atoms with Gasteiger partial charge in [0.1, 0.15) is 17.1 Å². The van der Waals surface area contributed by atoms with E-state index in [4.69, 9.17) is 11.5 Å². The second-order valence-electron chi connectivity index (χ2n) is 6.13. The standard InChI is InChI=1S/C15H17F3N4O/c1-14(2,3)22-12(19)10(13(20)23)11(21-22)8-4-6-9(7-5-8)15(16,17)18/h4-7H,19H2,1-3H3,(H2,20,23). The van der Waals surface area contributed by atoms with E-state index >= 15 is 0 Å². The SMILES string of the molecule is CC(C)(C)n1nc(-c2ccc(C(F)(F)F)cc2)c(C(N)=O)c1N. The largest absolute Gasteiger partial charge is 0.416 e. The zero-order valence-electron chi connectivity index (χ0n) is 12.9.